The summed E-state index contributed by atoms with van der Waals surface area (Å²) in [6, 6.07) is 6.14. The Hall–Kier alpha value is -3.32. The first-order valence-electron chi connectivity index (χ1n) is 6.06. The van der Waals surface area contributed by atoms with Crippen molar-refractivity contribution in [1.29, 1.82) is 15.8 Å². The number of ether oxygens (including phenoxy) is 1. The van der Waals surface area contributed by atoms with Crippen LogP contribution in [-0.2, 0) is 6.18 Å². The van der Waals surface area contributed by atoms with Crippen LogP contribution >= 0.6 is 0 Å². The highest BCUT2D eigenvalue weighted by atomic mass is 19.4. The average Bonchev–Trinajstić information content (AvgIpc) is 2.52. The van der Waals surface area contributed by atoms with E-state index in [1.54, 1.807) is 0 Å². The van der Waals surface area contributed by atoms with Gasteiger partial charge in [-0.2, -0.15) is 29.0 Å². The lowest BCUT2D eigenvalue weighted by Crippen LogP contribution is -2.11. The summed E-state index contributed by atoms with van der Waals surface area (Å²) in [5.74, 6) is -0.397. The van der Waals surface area contributed by atoms with E-state index >= 15 is 0 Å². The Labute approximate surface area is 132 Å². The van der Waals surface area contributed by atoms with Gasteiger partial charge < -0.3 is 10.1 Å². The Bertz CT molecular complexity index is 749. The SMILES string of the molecule is N#CC(C#N)=C(C#N)Nc1cc(C(F)(F)F)ccc1OCC(F)F. The topological polar surface area (TPSA) is 92.6 Å². The summed E-state index contributed by atoms with van der Waals surface area (Å²) >= 11 is 0. The number of allylic oxidation sites excluding steroid dienone is 2. The molecule has 24 heavy (non-hydrogen) atoms. The highest BCUT2D eigenvalue weighted by Crippen LogP contribution is 2.35. The third kappa shape index (κ3) is 4.85. The second-order valence-corrected chi connectivity index (χ2v) is 4.12. The van der Waals surface area contributed by atoms with Gasteiger partial charge in [0.1, 0.15) is 36.3 Å². The predicted molar refractivity (Wildman–Crippen MR) is 70.4 cm³/mol. The molecule has 0 aliphatic heterocycles. The zero-order valence-corrected chi connectivity index (χ0v) is 11.7. The second kappa shape index (κ2) is 7.80. The number of anilines is 1. The van der Waals surface area contributed by atoms with Crippen molar-refractivity contribution in [2.75, 3.05) is 11.9 Å². The van der Waals surface area contributed by atoms with E-state index in [1.807, 2.05) is 0 Å². The fraction of sp³-hybridized carbons (Fsp3) is 0.214. The molecule has 0 saturated heterocycles. The van der Waals surface area contributed by atoms with E-state index in [-0.39, 0.29) is 0 Å². The first-order valence-corrected chi connectivity index (χ1v) is 6.06. The van der Waals surface area contributed by atoms with E-state index in [1.165, 1.54) is 18.2 Å². The highest BCUT2D eigenvalue weighted by molar-refractivity contribution is 5.65. The minimum absolute atomic E-state index is 0.397. The normalized spacial score (nSPS) is 10.3. The maximum absolute atomic E-state index is 12.8. The summed E-state index contributed by atoms with van der Waals surface area (Å²) in [5, 5.41) is 28.4. The van der Waals surface area contributed by atoms with Gasteiger partial charge in [0.2, 0.25) is 0 Å². The largest absolute Gasteiger partial charge is 0.485 e. The Morgan fingerprint density at radius 2 is 1.75 bits per heavy atom. The van der Waals surface area contributed by atoms with Crippen molar-refractivity contribution >= 4 is 5.69 Å². The number of nitrogens with zero attached hydrogens (tertiary/aromatic N) is 3. The lowest BCUT2D eigenvalue weighted by molar-refractivity contribution is -0.137. The van der Waals surface area contributed by atoms with Crippen LogP contribution in [0.4, 0.5) is 27.6 Å². The molecule has 1 rings (SSSR count). The number of nitriles is 3. The first kappa shape index (κ1) is 18.7. The third-order valence-electron chi connectivity index (χ3n) is 2.52. The zero-order valence-electron chi connectivity index (χ0n) is 11.7. The molecule has 0 saturated carbocycles. The third-order valence-corrected chi connectivity index (χ3v) is 2.52. The quantitative estimate of drug-likeness (QED) is 0.652. The molecule has 0 amide bonds. The standard InChI is InChI=1S/C14H7F5N4O/c15-13(16)7-24-12-2-1-9(14(17,18)19)3-10(12)23-11(6-22)8(4-20)5-21/h1-3,13,23H,7H2. The fourth-order valence-electron chi connectivity index (χ4n) is 1.50. The van der Waals surface area contributed by atoms with Crippen LogP contribution < -0.4 is 10.1 Å². The van der Waals surface area contributed by atoms with E-state index in [0.717, 1.165) is 6.07 Å². The maximum atomic E-state index is 12.8. The summed E-state index contributed by atoms with van der Waals surface area (Å²) in [6.45, 7) is -1.09. The average molecular weight is 342 g/mol. The summed E-state index contributed by atoms with van der Waals surface area (Å²) in [7, 11) is 0. The van der Waals surface area contributed by atoms with Gasteiger partial charge in [0.15, 0.2) is 5.57 Å². The molecular formula is C14H7F5N4O. The van der Waals surface area contributed by atoms with Gasteiger partial charge in [0, 0.05) is 0 Å². The lowest BCUT2D eigenvalue weighted by Gasteiger charge is -2.15. The summed E-state index contributed by atoms with van der Waals surface area (Å²) in [6.07, 6.45) is -7.61. The molecule has 0 aliphatic carbocycles. The molecular weight excluding hydrogens is 335 g/mol. The Balaban J connectivity index is 3.36. The molecule has 10 heteroatoms. The van der Waals surface area contributed by atoms with Gasteiger partial charge >= 0.3 is 6.18 Å². The fourth-order valence-corrected chi connectivity index (χ4v) is 1.50. The van der Waals surface area contributed by atoms with Gasteiger partial charge in [-0.15, -0.1) is 0 Å². The molecule has 1 N–H and O–H groups in total. The monoisotopic (exact) mass is 342 g/mol. The molecule has 1 aromatic rings. The Kier molecular flexibility index (Phi) is 6.08. The molecule has 0 unspecified atom stereocenters. The van der Waals surface area contributed by atoms with Crippen LogP contribution in [0.2, 0.25) is 0 Å². The van der Waals surface area contributed by atoms with Crippen LogP contribution in [0.3, 0.4) is 0 Å². The van der Waals surface area contributed by atoms with E-state index < -0.39 is 47.5 Å². The minimum Gasteiger partial charge on any atom is -0.485 e. The van der Waals surface area contributed by atoms with Crippen molar-refractivity contribution in [3.8, 4) is 24.0 Å². The summed E-state index contributed by atoms with van der Waals surface area (Å²) < 4.78 is 67.4. The van der Waals surface area contributed by atoms with Gasteiger partial charge in [-0.05, 0) is 18.2 Å². The van der Waals surface area contributed by atoms with Crippen molar-refractivity contribution in [3.63, 3.8) is 0 Å². The molecule has 0 bridgehead atoms. The van der Waals surface area contributed by atoms with Crippen LogP contribution in [0.15, 0.2) is 29.5 Å². The van der Waals surface area contributed by atoms with E-state index in [2.05, 4.69) is 10.1 Å². The Morgan fingerprint density at radius 1 is 1.12 bits per heavy atom. The van der Waals surface area contributed by atoms with Crippen molar-refractivity contribution < 1.29 is 26.7 Å². The van der Waals surface area contributed by atoms with Crippen LogP contribution in [0.25, 0.3) is 0 Å². The molecule has 0 aromatic heterocycles. The number of hydrogen-bond donors (Lipinski definition) is 1. The molecule has 5 nitrogen and oxygen atoms in total. The highest BCUT2D eigenvalue weighted by Gasteiger charge is 2.31. The molecule has 0 aliphatic rings. The molecule has 0 radical (unpaired) electrons. The Morgan fingerprint density at radius 3 is 2.21 bits per heavy atom. The van der Waals surface area contributed by atoms with E-state index in [0.29, 0.717) is 12.1 Å². The van der Waals surface area contributed by atoms with Gasteiger partial charge in [-0.3, -0.25) is 0 Å². The molecule has 0 spiro atoms. The number of halogens is 5. The maximum Gasteiger partial charge on any atom is 0.416 e. The number of nitrogens with one attached hydrogen (secondary N) is 1. The summed E-state index contributed by atoms with van der Waals surface area (Å²) in [4.78, 5) is 0. The molecule has 124 valence electrons. The van der Waals surface area contributed by atoms with Crippen LogP contribution in [0, 0.1) is 34.0 Å². The minimum atomic E-state index is -4.73. The van der Waals surface area contributed by atoms with Crippen LogP contribution in [0.5, 0.6) is 5.75 Å². The van der Waals surface area contributed by atoms with Gasteiger partial charge in [-0.25, -0.2) is 8.78 Å². The number of hydrogen-bond acceptors (Lipinski definition) is 5. The summed E-state index contributed by atoms with van der Waals surface area (Å²) in [5.41, 5.74) is -2.94. The van der Waals surface area contributed by atoms with E-state index in [4.69, 9.17) is 15.8 Å². The van der Waals surface area contributed by atoms with Crippen molar-refractivity contribution in [2.45, 2.75) is 12.6 Å². The first-order chi connectivity index (χ1) is 11.2. The molecule has 0 atom stereocenters. The van der Waals surface area contributed by atoms with Crippen LogP contribution in [-0.4, -0.2) is 13.0 Å². The van der Waals surface area contributed by atoms with E-state index in [9.17, 15) is 22.0 Å². The smallest absolute Gasteiger partial charge is 0.416 e. The molecule has 1 aromatic carbocycles. The van der Waals surface area contributed by atoms with Crippen molar-refractivity contribution in [2.24, 2.45) is 0 Å². The number of rotatable bonds is 5. The second-order valence-electron chi connectivity index (χ2n) is 4.12. The lowest BCUT2D eigenvalue weighted by atomic mass is 10.1. The zero-order chi connectivity index (χ0) is 18.3. The van der Waals surface area contributed by atoms with Crippen molar-refractivity contribution in [3.05, 3.63) is 35.0 Å². The van der Waals surface area contributed by atoms with Gasteiger partial charge in [-0.1, -0.05) is 0 Å². The number of benzene rings is 1. The molecule has 0 heterocycles. The van der Waals surface area contributed by atoms with Gasteiger partial charge in [0.05, 0.1) is 11.3 Å². The van der Waals surface area contributed by atoms with Gasteiger partial charge in [0.25, 0.3) is 6.43 Å². The predicted octanol–water partition coefficient (Wildman–Crippen LogP) is 3.59. The molecule has 0 fully saturated rings. The van der Waals surface area contributed by atoms with Crippen LogP contribution in [0.1, 0.15) is 5.56 Å². The number of alkyl halides is 5. The van der Waals surface area contributed by atoms with Crippen molar-refractivity contribution in [1.82, 2.24) is 0 Å².